The average molecular weight is 406 g/mol. The minimum absolute atomic E-state index is 0.145. The third-order valence-electron chi connectivity index (χ3n) is 4.00. The lowest BCUT2D eigenvalue weighted by atomic mass is 10.2. The van der Waals surface area contributed by atoms with Gasteiger partial charge >= 0.3 is 6.18 Å². The summed E-state index contributed by atoms with van der Waals surface area (Å²) in [6.45, 7) is 1.55. The average Bonchev–Trinajstić information content (AvgIpc) is 3.02. The van der Waals surface area contributed by atoms with Gasteiger partial charge in [-0.25, -0.2) is 9.97 Å². The Labute approximate surface area is 163 Å². The van der Waals surface area contributed by atoms with Gasteiger partial charge in [0.15, 0.2) is 0 Å². The highest BCUT2D eigenvalue weighted by molar-refractivity contribution is 6.05. The first-order valence-corrected chi connectivity index (χ1v) is 8.43. The second kappa shape index (κ2) is 7.87. The standard InChI is InChI=1S/C18H17F3N6O2/c1-10(28)16-13(9-24-27(16)2)25-17(29)11-5-6-22-15(7-11)26-14-4-3-12(8-23-14)18(19,20)21/h3-10,28H,1-2H3,(H,25,29)(H,22,23,26). The van der Waals surface area contributed by atoms with Gasteiger partial charge in [-0.15, -0.1) is 0 Å². The Morgan fingerprint density at radius 2 is 1.93 bits per heavy atom. The summed E-state index contributed by atoms with van der Waals surface area (Å²) in [6, 6.07) is 4.96. The number of halogens is 3. The summed E-state index contributed by atoms with van der Waals surface area (Å²) in [5.41, 5.74) is 0.187. The molecule has 0 saturated carbocycles. The van der Waals surface area contributed by atoms with E-state index in [0.717, 1.165) is 6.07 Å². The number of alkyl halides is 3. The summed E-state index contributed by atoms with van der Waals surface area (Å²) >= 11 is 0. The zero-order valence-electron chi connectivity index (χ0n) is 15.4. The minimum Gasteiger partial charge on any atom is -0.387 e. The van der Waals surface area contributed by atoms with Gasteiger partial charge in [0.05, 0.1) is 29.2 Å². The molecule has 3 heterocycles. The fraction of sp³-hybridized carbons (Fsp3) is 0.222. The Morgan fingerprint density at radius 3 is 2.55 bits per heavy atom. The zero-order valence-corrected chi connectivity index (χ0v) is 15.4. The van der Waals surface area contributed by atoms with Gasteiger partial charge in [0.1, 0.15) is 11.6 Å². The predicted octanol–water partition coefficient (Wildman–Crippen LogP) is 3.28. The second-order valence-electron chi connectivity index (χ2n) is 6.18. The molecule has 3 rings (SSSR count). The maximum atomic E-state index is 12.6. The van der Waals surface area contributed by atoms with E-state index in [2.05, 4.69) is 25.7 Å². The first kappa shape index (κ1) is 20.3. The quantitative estimate of drug-likeness (QED) is 0.601. The highest BCUT2D eigenvalue weighted by atomic mass is 19.4. The molecule has 0 aliphatic rings. The number of nitrogens with one attached hydrogen (secondary N) is 2. The van der Waals surface area contributed by atoms with E-state index in [4.69, 9.17) is 0 Å². The third kappa shape index (κ3) is 4.69. The van der Waals surface area contributed by atoms with E-state index < -0.39 is 23.8 Å². The maximum Gasteiger partial charge on any atom is 0.417 e. The van der Waals surface area contributed by atoms with E-state index in [9.17, 15) is 23.1 Å². The van der Waals surface area contributed by atoms with Crippen molar-refractivity contribution >= 4 is 23.2 Å². The molecule has 29 heavy (non-hydrogen) atoms. The Kier molecular flexibility index (Phi) is 5.50. The molecule has 1 amide bonds. The van der Waals surface area contributed by atoms with Crippen LogP contribution in [0.3, 0.4) is 0 Å². The van der Waals surface area contributed by atoms with Crippen molar-refractivity contribution in [1.82, 2.24) is 19.7 Å². The molecule has 0 saturated heterocycles. The summed E-state index contributed by atoms with van der Waals surface area (Å²) in [6.07, 6.45) is -1.80. The van der Waals surface area contributed by atoms with E-state index in [-0.39, 0.29) is 17.2 Å². The minimum atomic E-state index is -4.47. The lowest BCUT2D eigenvalue weighted by Gasteiger charge is -2.11. The Morgan fingerprint density at radius 1 is 1.17 bits per heavy atom. The number of carbonyl (C=O) groups excluding carboxylic acids is 1. The molecule has 3 aromatic rings. The van der Waals surface area contributed by atoms with E-state index >= 15 is 0 Å². The van der Waals surface area contributed by atoms with Crippen molar-refractivity contribution in [2.24, 2.45) is 7.05 Å². The number of aromatic nitrogens is 4. The van der Waals surface area contributed by atoms with Gasteiger partial charge in [0.25, 0.3) is 5.91 Å². The number of carbonyl (C=O) groups is 1. The van der Waals surface area contributed by atoms with Crippen molar-refractivity contribution < 1.29 is 23.1 Å². The van der Waals surface area contributed by atoms with Crippen molar-refractivity contribution in [1.29, 1.82) is 0 Å². The van der Waals surface area contributed by atoms with Gasteiger partial charge in [-0.3, -0.25) is 9.48 Å². The molecule has 0 spiro atoms. The smallest absolute Gasteiger partial charge is 0.387 e. The topological polar surface area (TPSA) is 105 Å². The largest absolute Gasteiger partial charge is 0.417 e. The SMILES string of the molecule is CC(O)c1c(NC(=O)c2ccnc(Nc3ccc(C(F)(F)F)cn3)c2)cnn1C. The number of hydrogen-bond acceptors (Lipinski definition) is 6. The van der Waals surface area contributed by atoms with Crippen molar-refractivity contribution in [3.8, 4) is 0 Å². The molecular formula is C18H17F3N6O2. The molecule has 0 aliphatic heterocycles. The van der Waals surface area contributed by atoms with Crippen molar-refractivity contribution in [2.45, 2.75) is 19.2 Å². The summed E-state index contributed by atoms with van der Waals surface area (Å²) < 4.78 is 39.3. The molecule has 0 aliphatic carbocycles. The third-order valence-corrected chi connectivity index (χ3v) is 4.00. The number of nitrogens with zero attached hydrogens (tertiary/aromatic N) is 4. The van der Waals surface area contributed by atoms with Crippen molar-refractivity contribution in [2.75, 3.05) is 10.6 Å². The molecule has 152 valence electrons. The Bertz CT molecular complexity index is 1020. The number of hydrogen-bond donors (Lipinski definition) is 3. The number of rotatable bonds is 5. The van der Waals surface area contributed by atoms with E-state index in [0.29, 0.717) is 17.6 Å². The summed E-state index contributed by atoms with van der Waals surface area (Å²) in [5.74, 6) is -0.0933. The lowest BCUT2D eigenvalue weighted by molar-refractivity contribution is -0.137. The number of aryl methyl sites for hydroxylation is 1. The lowest BCUT2D eigenvalue weighted by Crippen LogP contribution is -2.14. The van der Waals surface area contributed by atoms with Crippen LogP contribution in [0.1, 0.15) is 34.6 Å². The van der Waals surface area contributed by atoms with Crippen LogP contribution >= 0.6 is 0 Å². The molecule has 11 heteroatoms. The first-order valence-electron chi connectivity index (χ1n) is 8.43. The van der Waals surface area contributed by atoms with E-state index in [1.54, 1.807) is 14.0 Å². The Balaban J connectivity index is 1.75. The van der Waals surface area contributed by atoms with Gasteiger partial charge in [0.2, 0.25) is 0 Å². The number of pyridine rings is 2. The second-order valence-corrected chi connectivity index (χ2v) is 6.18. The molecule has 0 bridgehead atoms. The molecule has 0 aromatic carbocycles. The number of amides is 1. The maximum absolute atomic E-state index is 12.6. The fourth-order valence-electron chi connectivity index (χ4n) is 2.64. The van der Waals surface area contributed by atoms with Gasteiger partial charge in [-0.05, 0) is 31.2 Å². The summed E-state index contributed by atoms with van der Waals surface area (Å²) in [5, 5.41) is 19.3. The number of aliphatic hydroxyl groups is 1. The highest BCUT2D eigenvalue weighted by Crippen LogP contribution is 2.29. The van der Waals surface area contributed by atoms with Crippen LogP contribution in [0.5, 0.6) is 0 Å². The van der Waals surface area contributed by atoms with Crippen LogP contribution in [0.2, 0.25) is 0 Å². The molecule has 0 fully saturated rings. The van der Waals surface area contributed by atoms with E-state index in [1.807, 2.05) is 0 Å². The van der Waals surface area contributed by atoms with Crippen LogP contribution in [-0.4, -0.2) is 30.8 Å². The molecule has 1 atom stereocenters. The summed E-state index contributed by atoms with van der Waals surface area (Å²) in [4.78, 5) is 20.3. The van der Waals surface area contributed by atoms with Crippen LogP contribution < -0.4 is 10.6 Å². The van der Waals surface area contributed by atoms with Crippen LogP contribution in [0, 0.1) is 0 Å². The fourth-order valence-corrected chi connectivity index (χ4v) is 2.64. The molecule has 0 radical (unpaired) electrons. The van der Waals surface area contributed by atoms with Crippen LogP contribution in [0.4, 0.5) is 30.5 Å². The normalized spacial score (nSPS) is 12.5. The van der Waals surface area contributed by atoms with Gasteiger partial charge in [-0.1, -0.05) is 0 Å². The zero-order chi connectivity index (χ0) is 21.2. The molecular weight excluding hydrogens is 389 g/mol. The van der Waals surface area contributed by atoms with Gasteiger partial charge < -0.3 is 15.7 Å². The monoisotopic (exact) mass is 406 g/mol. The predicted molar refractivity (Wildman–Crippen MR) is 98.6 cm³/mol. The molecule has 1 unspecified atom stereocenters. The molecule has 8 nitrogen and oxygen atoms in total. The van der Waals surface area contributed by atoms with Crippen LogP contribution in [-0.2, 0) is 13.2 Å². The number of aliphatic hydroxyl groups excluding tert-OH is 1. The van der Waals surface area contributed by atoms with Crippen molar-refractivity contribution in [3.05, 3.63) is 59.7 Å². The van der Waals surface area contributed by atoms with Crippen LogP contribution in [0.25, 0.3) is 0 Å². The number of anilines is 3. The van der Waals surface area contributed by atoms with Crippen LogP contribution in [0.15, 0.2) is 42.9 Å². The van der Waals surface area contributed by atoms with Gasteiger partial charge in [0, 0.05) is 25.0 Å². The van der Waals surface area contributed by atoms with Crippen molar-refractivity contribution in [3.63, 3.8) is 0 Å². The Hall–Kier alpha value is -3.47. The van der Waals surface area contributed by atoms with E-state index in [1.165, 1.54) is 35.3 Å². The highest BCUT2D eigenvalue weighted by Gasteiger charge is 2.30. The first-order chi connectivity index (χ1) is 13.6. The molecule has 3 N–H and O–H groups in total. The molecule has 3 aromatic heterocycles. The summed E-state index contributed by atoms with van der Waals surface area (Å²) in [7, 11) is 1.64. The van der Waals surface area contributed by atoms with Gasteiger partial charge in [-0.2, -0.15) is 18.3 Å².